The molecule has 0 aliphatic heterocycles. The van der Waals surface area contributed by atoms with Crippen molar-refractivity contribution in [3.05, 3.63) is 197 Å². The lowest BCUT2D eigenvalue weighted by Gasteiger charge is -2.35. The molecule has 7 aromatic rings. The molecule has 56 heavy (non-hydrogen) atoms. The van der Waals surface area contributed by atoms with E-state index >= 15 is 0 Å². The van der Waals surface area contributed by atoms with Crippen molar-refractivity contribution in [2.75, 3.05) is 4.90 Å². The zero-order valence-electron chi connectivity index (χ0n) is 34.5. The number of anilines is 3. The summed E-state index contributed by atoms with van der Waals surface area (Å²) in [5, 5.41) is 0. The lowest BCUT2D eigenvalue weighted by atomic mass is 9.68. The molecule has 0 amide bonds. The van der Waals surface area contributed by atoms with Crippen LogP contribution in [-0.2, 0) is 21.7 Å². The molecule has 1 unspecified atom stereocenters. The van der Waals surface area contributed by atoms with Crippen LogP contribution in [0.4, 0.5) is 17.1 Å². The molecule has 0 bridgehead atoms. The van der Waals surface area contributed by atoms with Crippen molar-refractivity contribution >= 4 is 17.1 Å². The standard InChI is InChI=1S/C55H53N/c1-52(2,3)39-33-44-50-46(55(9,38-21-14-11-15-22-38)51(44)48(34-39)53(4,5)6)25-18-26-49(50)56(40-29-27-37(28-30-40)36-19-12-10-13-20-36)41-31-32-43-42-23-16-17-24-45(42)54(7,8)47(43)35-41/h10-35H,1-9H3. The molecular formula is C55H53N. The molecule has 9 rings (SSSR count). The van der Waals surface area contributed by atoms with Gasteiger partial charge in [0.05, 0.1) is 5.69 Å². The molecule has 7 aromatic carbocycles. The summed E-state index contributed by atoms with van der Waals surface area (Å²) in [6.45, 7) is 21.4. The highest BCUT2D eigenvalue weighted by Crippen LogP contribution is 2.60. The average molecular weight is 728 g/mol. The highest BCUT2D eigenvalue weighted by molar-refractivity contribution is 5.98. The van der Waals surface area contributed by atoms with Crippen LogP contribution in [0.5, 0.6) is 0 Å². The van der Waals surface area contributed by atoms with Crippen molar-refractivity contribution in [3.63, 3.8) is 0 Å². The first-order valence-electron chi connectivity index (χ1n) is 20.3. The van der Waals surface area contributed by atoms with Crippen molar-refractivity contribution in [3.8, 4) is 33.4 Å². The maximum absolute atomic E-state index is 2.54. The minimum absolute atomic E-state index is 0.0244. The van der Waals surface area contributed by atoms with Gasteiger partial charge in [-0.2, -0.15) is 0 Å². The Morgan fingerprint density at radius 2 is 1.04 bits per heavy atom. The quantitative estimate of drug-likeness (QED) is 0.171. The number of hydrogen-bond donors (Lipinski definition) is 0. The Bertz CT molecular complexity index is 2610. The van der Waals surface area contributed by atoms with Crippen LogP contribution in [0.1, 0.15) is 101 Å². The Morgan fingerprint density at radius 1 is 0.446 bits per heavy atom. The minimum atomic E-state index is -0.356. The average Bonchev–Trinajstić information content (AvgIpc) is 3.59. The molecule has 2 aliphatic carbocycles. The molecule has 0 N–H and O–H groups in total. The first-order valence-corrected chi connectivity index (χ1v) is 20.3. The third-order valence-corrected chi connectivity index (χ3v) is 12.8. The summed E-state index contributed by atoms with van der Waals surface area (Å²) in [5.41, 5.74) is 20.4. The van der Waals surface area contributed by atoms with Crippen molar-refractivity contribution in [2.45, 2.75) is 84.0 Å². The summed E-state index contributed by atoms with van der Waals surface area (Å²) in [5.74, 6) is 0. The molecule has 278 valence electrons. The monoisotopic (exact) mass is 727 g/mol. The van der Waals surface area contributed by atoms with Crippen LogP contribution >= 0.6 is 0 Å². The van der Waals surface area contributed by atoms with Gasteiger partial charge >= 0.3 is 0 Å². The molecule has 0 radical (unpaired) electrons. The smallest absolute Gasteiger partial charge is 0.0543 e. The van der Waals surface area contributed by atoms with Gasteiger partial charge in [0.15, 0.2) is 0 Å². The summed E-state index contributed by atoms with van der Waals surface area (Å²) in [7, 11) is 0. The van der Waals surface area contributed by atoms with E-state index in [0.717, 1.165) is 5.69 Å². The van der Waals surface area contributed by atoms with Crippen LogP contribution in [0, 0.1) is 0 Å². The predicted octanol–water partition coefficient (Wildman–Crippen LogP) is 15.1. The van der Waals surface area contributed by atoms with Crippen LogP contribution < -0.4 is 4.90 Å². The van der Waals surface area contributed by atoms with Crippen LogP contribution in [0.25, 0.3) is 33.4 Å². The van der Waals surface area contributed by atoms with Gasteiger partial charge < -0.3 is 4.90 Å². The van der Waals surface area contributed by atoms with Crippen molar-refractivity contribution in [2.24, 2.45) is 0 Å². The van der Waals surface area contributed by atoms with Crippen LogP contribution in [0.15, 0.2) is 158 Å². The normalized spacial score (nSPS) is 16.5. The number of hydrogen-bond acceptors (Lipinski definition) is 1. The second-order valence-corrected chi connectivity index (χ2v) is 18.8. The molecule has 2 aliphatic rings. The lowest BCUT2D eigenvalue weighted by molar-refractivity contribution is 0.553. The number of fused-ring (bicyclic) bond motifs is 6. The van der Waals surface area contributed by atoms with E-state index in [9.17, 15) is 0 Å². The molecule has 1 nitrogen and oxygen atoms in total. The Morgan fingerprint density at radius 3 is 1.71 bits per heavy atom. The number of nitrogens with zero attached hydrogens (tertiary/aromatic N) is 1. The highest BCUT2D eigenvalue weighted by atomic mass is 15.1. The summed E-state index contributed by atoms with van der Waals surface area (Å²) in [6, 6.07) is 59.3. The summed E-state index contributed by atoms with van der Waals surface area (Å²) >= 11 is 0. The van der Waals surface area contributed by atoms with E-state index in [1.54, 1.807) is 0 Å². The Hall–Kier alpha value is -5.66. The van der Waals surface area contributed by atoms with Gasteiger partial charge in [-0.05, 0) is 115 Å². The number of benzene rings is 7. The molecule has 0 spiro atoms. The maximum atomic E-state index is 2.54. The lowest BCUT2D eigenvalue weighted by Crippen LogP contribution is -2.28. The predicted molar refractivity (Wildman–Crippen MR) is 239 cm³/mol. The van der Waals surface area contributed by atoms with E-state index in [1.165, 1.54) is 83.7 Å². The van der Waals surface area contributed by atoms with Gasteiger partial charge in [0.25, 0.3) is 0 Å². The first-order chi connectivity index (χ1) is 26.7. The van der Waals surface area contributed by atoms with E-state index in [1.807, 2.05) is 0 Å². The van der Waals surface area contributed by atoms with Crippen molar-refractivity contribution in [1.29, 1.82) is 0 Å². The van der Waals surface area contributed by atoms with Gasteiger partial charge in [-0.1, -0.05) is 183 Å². The van der Waals surface area contributed by atoms with E-state index in [2.05, 4.69) is 225 Å². The SMILES string of the molecule is CC(C)(C)c1cc2c(c(C(C)(C)C)c1)C(C)(c1ccccc1)c1cccc(N(c3ccc(-c4ccccc4)cc3)c3ccc4c(c3)C(C)(C)c3ccccc3-4)c1-2. The summed E-state index contributed by atoms with van der Waals surface area (Å²) in [4.78, 5) is 2.54. The van der Waals surface area contributed by atoms with Gasteiger partial charge in [-0.15, -0.1) is 0 Å². The van der Waals surface area contributed by atoms with Gasteiger partial charge in [-0.25, -0.2) is 0 Å². The summed E-state index contributed by atoms with van der Waals surface area (Å²) < 4.78 is 0. The van der Waals surface area contributed by atoms with E-state index in [0.29, 0.717) is 0 Å². The zero-order chi connectivity index (χ0) is 39.2. The fourth-order valence-electron chi connectivity index (χ4n) is 9.73. The fourth-order valence-corrected chi connectivity index (χ4v) is 9.73. The second kappa shape index (κ2) is 12.7. The van der Waals surface area contributed by atoms with E-state index in [-0.39, 0.29) is 21.7 Å². The van der Waals surface area contributed by atoms with Crippen molar-refractivity contribution < 1.29 is 0 Å². The van der Waals surface area contributed by atoms with Gasteiger partial charge in [0, 0.05) is 27.8 Å². The second-order valence-electron chi connectivity index (χ2n) is 18.8. The molecule has 1 atom stereocenters. The van der Waals surface area contributed by atoms with Gasteiger partial charge in [0.1, 0.15) is 0 Å². The zero-order valence-corrected chi connectivity index (χ0v) is 34.5. The Balaban J connectivity index is 1.35. The molecule has 1 heteroatoms. The highest BCUT2D eigenvalue weighted by Gasteiger charge is 2.46. The Labute approximate surface area is 334 Å². The van der Waals surface area contributed by atoms with Crippen LogP contribution in [-0.4, -0.2) is 0 Å². The van der Waals surface area contributed by atoms with Gasteiger partial charge in [0.2, 0.25) is 0 Å². The van der Waals surface area contributed by atoms with Gasteiger partial charge in [-0.3, -0.25) is 0 Å². The van der Waals surface area contributed by atoms with Crippen molar-refractivity contribution in [1.82, 2.24) is 0 Å². The van der Waals surface area contributed by atoms with E-state index in [4.69, 9.17) is 0 Å². The minimum Gasteiger partial charge on any atom is -0.310 e. The Kier molecular flexibility index (Phi) is 8.16. The third kappa shape index (κ3) is 5.50. The molecular weight excluding hydrogens is 675 g/mol. The molecule has 0 heterocycles. The topological polar surface area (TPSA) is 3.24 Å². The molecule has 0 aromatic heterocycles. The van der Waals surface area contributed by atoms with Crippen LogP contribution in [0.2, 0.25) is 0 Å². The first kappa shape index (κ1) is 36.0. The molecule has 0 saturated heterocycles. The number of rotatable bonds is 5. The molecule has 0 fully saturated rings. The maximum Gasteiger partial charge on any atom is 0.0543 e. The third-order valence-electron chi connectivity index (χ3n) is 12.8. The molecule has 0 saturated carbocycles. The largest absolute Gasteiger partial charge is 0.310 e. The van der Waals surface area contributed by atoms with E-state index < -0.39 is 0 Å². The summed E-state index contributed by atoms with van der Waals surface area (Å²) in [6.07, 6.45) is 0. The fraction of sp³-hybridized carbons (Fsp3) is 0.236. The van der Waals surface area contributed by atoms with Crippen LogP contribution in [0.3, 0.4) is 0 Å².